The lowest BCUT2D eigenvalue weighted by Crippen LogP contribution is -2.03. The lowest BCUT2D eigenvalue weighted by atomic mass is 10.0. The highest BCUT2D eigenvalue weighted by molar-refractivity contribution is 6.21. The molecule has 0 bridgehead atoms. The molecule has 1 amide bonds. The number of carbonyl (C=O) groups excluding carboxylic acids is 1. The Morgan fingerprint density at radius 3 is 2.31 bits per heavy atom. The summed E-state index contributed by atoms with van der Waals surface area (Å²) < 4.78 is 0. The first-order valence-electron chi connectivity index (χ1n) is 4.85. The van der Waals surface area contributed by atoms with Crippen LogP contribution < -0.4 is 11.5 Å². The summed E-state index contributed by atoms with van der Waals surface area (Å²) in [6.07, 6.45) is 1.02. The van der Waals surface area contributed by atoms with E-state index in [1.165, 1.54) is 0 Å². The van der Waals surface area contributed by atoms with Gasteiger partial charge in [0.05, 0.1) is 5.57 Å². The van der Waals surface area contributed by atoms with Crippen LogP contribution in [-0.4, -0.2) is 5.91 Å². The first-order chi connectivity index (χ1) is 7.70. The van der Waals surface area contributed by atoms with Crippen molar-refractivity contribution in [3.05, 3.63) is 40.9 Å². The van der Waals surface area contributed by atoms with Gasteiger partial charge in [0.15, 0.2) is 0 Å². The summed E-state index contributed by atoms with van der Waals surface area (Å²) in [5, 5.41) is 2.28. The molecule has 0 saturated heterocycles. The topological polar surface area (TPSA) is 98.5 Å². The number of para-hydroxylation sites is 1. The fourth-order valence-corrected chi connectivity index (χ4v) is 1.07. The van der Waals surface area contributed by atoms with Gasteiger partial charge in [-0.15, -0.1) is 4.91 Å². The predicted molar refractivity (Wildman–Crippen MR) is 65.2 cm³/mol. The largest absolute Gasteiger partial charge is 0.404 e. The van der Waals surface area contributed by atoms with Crippen molar-refractivity contribution in [2.24, 2.45) is 10.9 Å². The number of benzene rings is 1. The molecular weight excluding hydrogens is 206 g/mol. The molecule has 0 aliphatic carbocycles. The SMILES string of the molecule is CC.N/C=C(/C(=O)N=O)c1ccccc1N. The number of nitrogen functional groups attached to an aromatic ring is 1. The van der Waals surface area contributed by atoms with Crippen molar-refractivity contribution in [2.75, 3.05) is 5.73 Å². The molecule has 5 nitrogen and oxygen atoms in total. The molecule has 5 heteroatoms. The Morgan fingerprint density at radius 2 is 1.88 bits per heavy atom. The smallest absolute Gasteiger partial charge is 0.318 e. The van der Waals surface area contributed by atoms with Gasteiger partial charge in [-0.2, -0.15) is 0 Å². The van der Waals surface area contributed by atoms with Crippen LogP contribution in [0.25, 0.3) is 5.57 Å². The van der Waals surface area contributed by atoms with Crippen LogP contribution in [0.15, 0.2) is 35.6 Å². The van der Waals surface area contributed by atoms with Crippen molar-refractivity contribution in [2.45, 2.75) is 13.8 Å². The van der Waals surface area contributed by atoms with E-state index in [4.69, 9.17) is 11.5 Å². The Balaban J connectivity index is 0.00000106. The summed E-state index contributed by atoms with van der Waals surface area (Å²) in [7, 11) is 0. The van der Waals surface area contributed by atoms with Gasteiger partial charge in [0.1, 0.15) is 0 Å². The zero-order valence-corrected chi connectivity index (χ0v) is 9.31. The average molecular weight is 221 g/mol. The average Bonchev–Trinajstić information content (AvgIpc) is 2.34. The Labute approximate surface area is 94.1 Å². The molecular formula is C11H15N3O2. The van der Waals surface area contributed by atoms with Crippen LogP contribution in [-0.2, 0) is 4.79 Å². The van der Waals surface area contributed by atoms with Crippen molar-refractivity contribution in [1.82, 2.24) is 0 Å². The van der Waals surface area contributed by atoms with Crippen LogP contribution in [0.2, 0.25) is 0 Å². The van der Waals surface area contributed by atoms with Gasteiger partial charge in [-0.25, -0.2) is 0 Å². The number of anilines is 1. The van der Waals surface area contributed by atoms with Crippen LogP contribution in [0, 0.1) is 4.91 Å². The van der Waals surface area contributed by atoms with Crippen LogP contribution in [0.1, 0.15) is 19.4 Å². The standard InChI is InChI=1S/C9H9N3O2.C2H6/c10-5-7(9(13)12-14)6-3-1-2-4-8(6)11;1-2/h1-5H,10-11H2;1-2H3/b7-5+;. The molecule has 0 aliphatic heterocycles. The van der Waals surface area contributed by atoms with Gasteiger partial charge >= 0.3 is 5.91 Å². The maximum Gasteiger partial charge on any atom is 0.318 e. The second-order valence-electron chi connectivity index (χ2n) is 2.56. The van der Waals surface area contributed by atoms with E-state index in [0.29, 0.717) is 11.3 Å². The van der Waals surface area contributed by atoms with E-state index in [9.17, 15) is 9.70 Å². The van der Waals surface area contributed by atoms with Crippen LogP contribution in [0.3, 0.4) is 0 Å². The van der Waals surface area contributed by atoms with E-state index < -0.39 is 5.91 Å². The third kappa shape index (κ3) is 3.20. The van der Waals surface area contributed by atoms with Gasteiger partial charge in [-0.3, -0.25) is 4.79 Å². The lowest BCUT2D eigenvalue weighted by molar-refractivity contribution is -0.112. The molecule has 0 unspecified atom stereocenters. The minimum atomic E-state index is -0.926. The molecule has 0 fully saturated rings. The molecule has 1 aromatic rings. The molecule has 1 rings (SSSR count). The Morgan fingerprint density at radius 1 is 1.31 bits per heavy atom. The Bertz CT molecular complexity index is 400. The van der Waals surface area contributed by atoms with E-state index >= 15 is 0 Å². The number of amides is 1. The molecule has 86 valence electrons. The molecule has 1 aromatic carbocycles. The maximum atomic E-state index is 11.0. The first kappa shape index (κ1) is 13.8. The van der Waals surface area contributed by atoms with Gasteiger partial charge in [-0.1, -0.05) is 32.0 Å². The second kappa shape index (κ2) is 7.17. The molecule has 0 heterocycles. The summed E-state index contributed by atoms with van der Waals surface area (Å²) >= 11 is 0. The third-order valence-electron chi connectivity index (χ3n) is 1.73. The number of carbonyl (C=O) groups is 1. The fraction of sp³-hybridized carbons (Fsp3) is 0.182. The zero-order chi connectivity index (χ0) is 12.6. The van der Waals surface area contributed by atoms with Gasteiger partial charge < -0.3 is 11.5 Å². The highest BCUT2D eigenvalue weighted by Crippen LogP contribution is 2.21. The van der Waals surface area contributed by atoms with E-state index in [0.717, 1.165) is 6.20 Å². The fourth-order valence-electron chi connectivity index (χ4n) is 1.07. The molecule has 4 N–H and O–H groups in total. The van der Waals surface area contributed by atoms with Crippen molar-refractivity contribution in [3.63, 3.8) is 0 Å². The number of hydrogen-bond acceptors (Lipinski definition) is 4. The monoisotopic (exact) mass is 221 g/mol. The molecule has 0 radical (unpaired) electrons. The minimum absolute atomic E-state index is 0.0121. The molecule has 16 heavy (non-hydrogen) atoms. The van der Waals surface area contributed by atoms with Crippen molar-refractivity contribution in [3.8, 4) is 0 Å². The summed E-state index contributed by atoms with van der Waals surface area (Å²) in [6, 6.07) is 6.60. The Kier molecular flexibility index (Phi) is 6.19. The van der Waals surface area contributed by atoms with Crippen LogP contribution >= 0.6 is 0 Å². The van der Waals surface area contributed by atoms with E-state index in [2.05, 4.69) is 5.18 Å². The van der Waals surface area contributed by atoms with Crippen molar-refractivity contribution in [1.29, 1.82) is 0 Å². The van der Waals surface area contributed by atoms with E-state index in [-0.39, 0.29) is 5.57 Å². The van der Waals surface area contributed by atoms with Crippen molar-refractivity contribution >= 4 is 17.2 Å². The predicted octanol–water partition coefficient (Wildman–Crippen LogP) is 1.89. The second-order valence-corrected chi connectivity index (χ2v) is 2.56. The first-order valence-corrected chi connectivity index (χ1v) is 4.85. The highest BCUT2D eigenvalue weighted by atomic mass is 16.3. The van der Waals surface area contributed by atoms with Crippen molar-refractivity contribution < 1.29 is 4.79 Å². The Hall–Kier alpha value is -2.17. The van der Waals surface area contributed by atoms with Gasteiger partial charge in [0, 0.05) is 22.6 Å². The zero-order valence-electron chi connectivity index (χ0n) is 9.31. The minimum Gasteiger partial charge on any atom is -0.404 e. The van der Waals surface area contributed by atoms with Crippen LogP contribution in [0.4, 0.5) is 5.69 Å². The number of hydrogen-bond donors (Lipinski definition) is 2. The number of nitrogens with two attached hydrogens (primary N) is 2. The van der Waals surface area contributed by atoms with Gasteiger partial charge in [0.2, 0.25) is 0 Å². The molecule has 0 aliphatic rings. The van der Waals surface area contributed by atoms with Gasteiger partial charge in [0.25, 0.3) is 0 Å². The summed E-state index contributed by atoms with van der Waals surface area (Å²) in [5.74, 6) is -0.926. The molecule has 0 spiro atoms. The lowest BCUT2D eigenvalue weighted by Gasteiger charge is -2.04. The summed E-state index contributed by atoms with van der Waals surface area (Å²) in [6.45, 7) is 4.00. The normalized spacial score (nSPS) is 10.0. The molecule has 0 saturated carbocycles. The quantitative estimate of drug-likeness (QED) is 0.452. The number of nitroso groups, excluding NO2 is 1. The van der Waals surface area contributed by atoms with E-state index in [1.807, 2.05) is 13.8 Å². The number of rotatable bonds is 2. The summed E-state index contributed by atoms with van der Waals surface area (Å²) in [4.78, 5) is 21.1. The molecule has 0 aromatic heterocycles. The maximum absolute atomic E-state index is 11.0. The number of nitrogens with zero attached hydrogens (tertiary/aromatic N) is 1. The summed E-state index contributed by atoms with van der Waals surface area (Å²) in [5.41, 5.74) is 11.6. The van der Waals surface area contributed by atoms with Gasteiger partial charge in [-0.05, 0) is 6.07 Å². The molecule has 0 atom stereocenters. The highest BCUT2D eigenvalue weighted by Gasteiger charge is 2.13. The third-order valence-corrected chi connectivity index (χ3v) is 1.73. The van der Waals surface area contributed by atoms with E-state index in [1.54, 1.807) is 24.3 Å². The van der Waals surface area contributed by atoms with Crippen LogP contribution in [0.5, 0.6) is 0 Å².